The van der Waals surface area contributed by atoms with E-state index in [-0.39, 0.29) is 0 Å². The first-order valence-electron chi connectivity index (χ1n) is 2.88. The van der Waals surface area contributed by atoms with Crippen molar-refractivity contribution in [3.8, 4) is 0 Å². The molecule has 1 aliphatic heterocycles. The first-order chi connectivity index (χ1) is 3.93. The third-order valence-corrected chi connectivity index (χ3v) is 1.67. The lowest BCUT2D eigenvalue weighted by Crippen LogP contribution is -2.20. The van der Waals surface area contributed by atoms with E-state index < -0.39 is 0 Å². The smallest absolute Gasteiger partial charge is 0.0434 e. The van der Waals surface area contributed by atoms with E-state index in [1.165, 1.54) is 5.57 Å². The Kier molecular flexibility index (Phi) is 2.37. The molecule has 1 nitrogen and oxygen atoms in total. The molecule has 0 fully saturated rings. The van der Waals surface area contributed by atoms with Crippen LogP contribution in [0.15, 0.2) is 11.6 Å². The minimum Gasteiger partial charge on any atom is -0.313 e. The molecule has 0 unspecified atom stereocenters. The van der Waals surface area contributed by atoms with Gasteiger partial charge in [0.15, 0.2) is 0 Å². The molecule has 0 aromatic carbocycles. The maximum Gasteiger partial charge on any atom is 0.0434 e. The van der Waals surface area contributed by atoms with Crippen molar-refractivity contribution in [1.29, 1.82) is 0 Å². The SMILES string of the molecule is ClCC1=CCNCC1. The van der Waals surface area contributed by atoms with E-state index in [9.17, 15) is 0 Å². The molecule has 0 aromatic heterocycles. The molecular weight excluding hydrogens is 122 g/mol. The number of nitrogens with one attached hydrogen (secondary N) is 1. The molecule has 1 N–H and O–H groups in total. The molecule has 0 saturated carbocycles. The summed E-state index contributed by atoms with van der Waals surface area (Å²) in [4.78, 5) is 0. The van der Waals surface area contributed by atoms with Crippen molar-refractivity contribution >= 4 is 11.6 Å². The third-order valence-electron chi connectivity index (χ3n) is 1.33. The van der Waals surface area contributed by atoms with E-state index in [2.05, 4.69) is 11.4 Å². The zero-order valence-corrected chi connectivity index (χ0v) is 5.54. The second-order valence-electron chi connectivity index (χ2n) is 1.95. The molecular formula is C6H10ClN. The van der Waals surface area contributed by atoms with Gasteiger partial charge < -0.3 is 5.32 Å². The summed E-state index contributed by atoms with van der Waals surface area (Å²) in [6, 6.07) is 0. The first kappa shape index (κ1) is 6.12. The Morgan fingerprint density at radius 3 is 3.00 bits per heavy atom. The van der Waals surface area contributed by atoms with Crippen molar-refractivity contribution in [2.75, 3.05) is 19.0 Å². The monoisotopic (exact) mass is 131 g/mol. The fourth-order valence-electron chi connectivity index (χ4n) is 0.791. The Bertz CT molecular complexity index is 98.7. The van der Waals surface area contributed by atoms with Crippen molar-refractivity contribution in [3.63, 3.8) is 0 Å². The lowest BCUT2D eigenvalue weighted by Gasteiger charge is -2.10. The quantitative estimate of drug-likeness (QED) is 0.416. The molecule has 46 valence electrons. The van der Waals surface area contributed by atoms with Crippen LogP contribution in [0.5, 0.6) is 0 Å². The van der Waals surface area contributed by atoms with E-state index in [1.807, 2.05) is 0 Å². The van der Waals surface area contributed by atoms with Crippen LogP contribution in [0.25, 0.3) is 0 Å². The second kappa shape index (κ2) is 3.10. The normalized spacial score (nSPS) is 20.4. The van der Waals surface area contributed by atoms with Crippen molar-refractivity contribution < 1.29 is 0 Å². The third kappa shape index (κ3) is 1.49. The largest absolute Gasteiger partial charge is 0.313 e. The van der Waals surface area contributed by atoms with Gasteiger partial charge in [0.05, 0.1) is 0 Å². The maximum absolute atomic E-state index is 5.58. The first-order valence-corrected chi connectivity index (χ1v) is 3.41. The van der Waals surface area contributed by atoms with Gasteiger partial charge in [0, 0.05) is 12.4 Å². The Hall–Kier alpha value is -0.0100. The van der Waals surface area contributed by atoms with Crippen LogP contribution in [0.3, 0.4) is 0 Å². The Morgan fingerprint density at radius 1 is 1.75 bits per heavy atom. The van der Waals surface area contributed by atoms with Crippen LogP contribution in [0.2, 0.25) is 0 Å². The van der Waals surface area contributed by atoms with E-state index in [0.717, 1.165) is 19.5 Å². The van der Waals surface area contributed by atoms with Crippen LogP contribution < -0.4 is 5.32 Å². The summed E-state index contributed by atoms with van der Waals surface area (Å²) in [6.45, 7) is 2.10. The number of alkyl halides is 1. The highest BCUT2D eigenvalue weighted by atomic mass is 35.5. The minimum absolute atomic E-state index is 0.710. The van der Waals surface area contributed by atoms with Crippen molar-refractivity contribution in [1.82, 2.24) is 5.32 Å². The average Bonchev–Trinajstić information content (AvgIpc) is 1.90. The fraction of sp³-hybridized carbons (Fsp3) is 0.667. The van der Waals surface area contributed by atoms with Gasteiger partial charge in [0.25, 0.3) is 0 Å². The Labute approximate surface area is 54.7 Å². The van der Waals surface area contributed by atoms with E-state index in [0.29, 0.717) is 5.88 Å². The summed E-state index contributed by atoms with van der Waals surface area (Å²) >= 11 is 5.58. The van der Waals surface area contributed by atoms with Gasteiger partial charge in [0.1, 0.15) is 0 Å². The number of rotatable bonds is 1. The predicted octanol–water partition coefficient (Wildman–Crippen LogP) is 1.14. The molecule has 1 rings (SSSR count). The Morgan fingerprint density at radius 2 is 2.62 bits per heavy atom. The summed E-state index contributed by atoms with van der Waals surface area (Å²) in [5.74, 6) is 0.710. The lowest BCUT2D eigenvalue weighted by molar-refractivity contribution is 0.704. The van der Waals surface area contributed by atoms with Crippen LogP contribution in [-0.4, -0.2) is 19.0 Å². The van der Waals surface area contributed by atoms with E-state index in [4.69, 9.17) is 11.6 Å². The summed E-state index contributed by atoms with van der Waals surface area (Å²) in [7, 11) is 0. The van der Waals surface area contributed by atoms with Gasteiger partial charge in [-0.05, 0) is 13.0 Å². The van der Waals surface area contributed by atoms with Crippen LogP contribution in [-0.2, 0) is 0 Å². The number of halogens is 1. The zero-order chi connectivity index (χ0) is 5.82. The molecule has 0 amide bonds. The number of hydrogen-bond donors (Lipinski definition) is 1. The van der Waals surface area contributed by atoms with Gasteiger partial charge in [-0.3, -0.25) is 0 Å². The molecule has 0 atom stereocenters. The predicted molar refractivity (Wildman–Crippen MR) is 36.3 cm³/mol. The maximum atomic E-state index is 5.58. The summed E-state index contributed by atoms with van der Waals surface area (Å²) in [5, 5.41) is 3.21. The molecule has 1 aliphatic rings. The van der Waals surface area contributed by atoms with Gasteiger partial charge in [-0.25, -0.2) is 0 Å². The summed E-state index contributed by atoms with van der Waals surface area (Å²) in [6.07, 6.45) is 3.29. The average molecular weight is 132 g/mol. The second-order valence-corrected chi connectivity index (χ2v) is 2.22. The molecule has 0 spiro atoms. The lowest BCUT2D eigenvalue weighted by atomic mass is 10.1. The van der Waals surface area contributed by atoms with Crippen molar-refractivity contribution in [2.45, 2.75) is 6.42 Å². The van der Waals surface area contributed by atoms with Crippen LogP contribution in [0, 0.1) is 0 Å². The molecule has 8 heavy (non-hydrogen) atoms. The Balaban J connectivity index is 2.37. The summed E-state index contributed by atoms with van der Waals surface area (Å²) in [5.41, 5.74) is 1.38. The van der Waals surface area contributed by atoms with Gasteiger partial charge in [0.2, 0.25) is 0 Å². The molecule has 0 bridgehead atoms. The van der Waals surface area contributed by atoms with Gasteiger partial charge >= 0.3 is 0 Å². The minimum atomic E-state index is 0.710. The molecule has 0 saturated heterocycles. The highest BCUT2D eigenvalue weighted by molar-refractivity contribution is 6.19. The standard InChI is InChI=1S/C6H10ClN/c7-5-6-1-3-8-4-2-6/h1,8H,2-5H2. The summed E-state index contributed by atoms with van der Waals surface area (Å²) < 4.78 is 0. The fourth-order valence-corrected chi connectivity index (χ4v) is 1.03. The highest BCUT2D eigenvalue weighted by Gasteiger charge is 1.98. The molecule has 1 heterocycles. The van der Waals surface area contributed by atoms with Gasteiger partial charge in [-0.2, -0.15) is 0 Å². The van der Waals surface area contributed by atoms with Crippen LogP contribution in [0.1, 0.15) is 6.42 Å². The molecule has 2 heteroatoms. The topological polar surface area (TPSA) is 12.0 Å². The van der Waals surface area contributed by atoms with Gasteiger partial charge in [-0.1, -0.05) is 11.6 Å². The molecule has 0 aliphatic carbocycles. The zero-order valence-electron chi connectivity index (χ0n) is 4.78. The van der Waals surface area contributed by atoms with E-state index >= 15 is 0 Å². The van der Waals surface area contributed by atoms with Crippen molar-refractivity contribution in [3.05, 3.63) is 11.6 Å². The molecule has 0 radical (unpaired) electrons. The number of hydrogen-bond acceptors (Lipinski definition) is 1. The van der Waals surface area contributed by atoms with Gasteiger partial charge in [-0.15, -0.1) is 11.6 Å². The molecule has 0 aromatic rings. The highest BCUT2D eigenvalue weighted by Crippen LogP contribution is 2.04. The van der Waals surface area contributed by atoms with E-state index in [1.54, 1.807) is 0 Å². The van der Waals surface area contributed by atoms with Crippen molar-refractivity contribution in [2.24, 2.45) is 0 Å². The van der Waals surface area contributed by atoms with Crippen LogP contribution >= 0.6 is 11.6 Å². The van der Waals surface area contributed by atoms with Crippen LogP contribution in [0.4, 0.5) is 0 Å².